The summed E-state index contributed by atoms with van der Waals surface area (Å²) >= 11 is 7.40. The molecule has 0 aliphatic heterocycles. The summed E-state index contributed by atoms with van der Waals surface area (Å²) in [5.41, 5.74) is 19.1. The summed E-state index contributed by atoms with van der Waals surface area (Å²) in [6.45, 7) is 27.1. The molecule has 95 heavy (non-hydrogen) atoms. The number of aromatic carboxylic acids is 2. The predicted molar refractivity (Wildman–Crippen MR) is 393 cm³/mol. The van der Waals surface area contributed by atoms with E-state index in [1.807, 2.05) is 24.5 Å². The zero-order valence-electron chi connectivity index (χ0n) is 55.6. The van der Waals surface area contributed by atoms with Crippen LogP contribution >= 0.6 is 12.2 Å². The Morgan fingerprint density at radius 1 is 0.400 bits per heavy atom. The first-order valence-corrected chi connectivity index (χ1v) is 31.3. The average Bonchev–Trinajstić information content (AvgIpc) is 0.840. The van der Waals surface area contributed by atoms with Crippen LogP contribution in [-0.4, -0.2) is 47.2 Å². The standard InChI is InChI=1S/C66H70N4.C12H8N2O4.CHNS.CNS.Ru/c1-63(2,3)51-21-33-57(34-22-51)69(58-35-23-52(24-36-58)64(4,5)6)55-29-17-47(18-30-55)13-15-49-41-43-67-61(45-49)62-46-50(42-44-68-62)16-14-48-19-31-56(32-20-48)70(59-37-25-53(26-38-59)65(7,8)9)60-39-27-54(28-40-60)66(10,11)12;15-11(16)7-1-3-13-9(5-7)10-6-8(12(17)18)2-4-14-10;2*2-1-3;/h13-46H,1-12H3;1-6H,(H,15,16)(H,17,18);3H;;/q;;;-1;+2/p-1/b15-13+,16-14+;;;;. The van der Waals surface area contributed by atoms with Crippen molar-refractivity contribution in [3.05, 3.63) is 280 Å². The number of carboxylic acids is 2. The van der Waals surface area contributed by atoms with Crippen molar-refractivity contribution >= 4 is 100 Å². The second-order valence-electron chi connectivity index (χ2n) is 26.3. The van der Waals surface area contributed by atoms with Gasteiger partial charge in [0, 0.05) is 58.9 Å². The molecule has 4 aromatic heterocycles. The van der Waals surface area contributed by atoms with Gasteiger partial charge >= 0.3 is 31.4 Å². The molecule has 0 spiro atoms. The molecule has 0 unspecified atom stereocenters. The molecule has 15 heteroatoms. The van der Waals surface area contributed by atoms with Gasteiger partial charge in [0.1, 0.15) is 0 Å². The first-order valence-electron chi connectivity index (χ1n) is 30.5. The molecular formula is C80H78N8O4RuS2. The van der Waals surface area contributed by atoms with E-state index in [0.29, 0.717) is 11.4 Å². The van der Waals surface area contributed by atoms with Gasteiger partial charge in [-0.3, -0.25) is 19.9 Å². The summed E-state index contributed by atoms with van der Waals surface area (Å²) in [6, 6.07) is 67.2. The third-order valence-corrected chi connectivity index (χ3v) is 15.3. The van der Waals surface area contributed by atoms with Crippen LogP contribution in [0.1, 0.15) is 148 Å². The summed E-state index contributed by atoms with van der Waals surface area (Å²) in [5, 5.41) is 34.6. The van der Waals surface area contributed by atoms with Crippen LogP contribution in [0.5, 0.6) is 0 Å². The molecule has 2 N–H and O–H groups in total. The zero-order chi connectivity index (χ0) is 68.4. The molecule has 0 amide bonds. The van der Waals surface area contributed by atoms with Gasteiger partial charge in [0.15, 0.2) is 0 Å². The number of anilines is 6. The van der Waals surface area contributed by atoms with Gasteiger partial charge in [-0.1, -0.05) is 198 Å². The molecule has 0 atom stereocenters. The second-order valence-corrected chi connectivity index (χ2v) is 26.7. The van der Waals surface area contributed by atoms with Crippen LogP contribution in [0.25, 0.3) is 52.5 Å². The fraction of sp³-hybridized carbons (Fsp3) is 0.200. The Bertz CT molecular complexity index is 3940. The maximum atomic E-state index is 10.8. The van der Waals surface area contributed by atoms with E-state index in [2.05, 4.69) is 310 Å². The zero-order valence-corrected chi connectivity index (χ0v) is 58.9. The molecule has 10 aromatic rings. The van der Waals surface area contributed by atoms with Crippen LogP contribution in [-0.2, 0) is 53.8 Å². The summed E-state index contributed by atoms with van der Waals surface area (Å²) in [6.07, 6.45) is 15.0. The third-order valence-electron chi connectivity index (χ3n) is 15.3. The molecule has 12 nitrogen and oxygen atoms in total. The monoisotopic (exact) mass is 1380 g/mol. The van der Waals surface area contributed by atoms with Gasteiger partial charge in [-0.25, -0.2) is 14.9 Å². The van der Waals surface area contributed by atoms with Gasteiger partial charge in [0.2, 0.25) is 0 Å². The molecule has 10 rings (SSSR count). The number of carboxylic acid groups (broad SMARTS) is 2. The molecule has 0 fully saturated rings. The fourth-order valence-electron chi connectivity index (χ4n) is 9.98. The molecule has 0 saturated carbocycles. The summed E-state index contributed by atoms with van der Waals surface area (Å²) in [7, 11) is 0. The molecular weight excluding hydrogens is 1300 g/mol. The molecule has 0 bridgehead atoms. The predicted octanol–water partition coefficient (Wildman–Crippen LogP) is 20.8. The number of nitrogens with zero attached hydrogens (tertiary/aromatic N) is 8. The van der Waals surface area contributed by atoms with Crippen molar-refractivity contribution < 1.29 is 39.3 Å². The number of nitriles is 1. The van der Waals surface area contributed by atoms with Crippen molar-refractivity contribution in [3.63, 3.8) is 0 Å². The number of thiocarbonyl (C=S) groups is 1. The molecule has 0 saturated heterocycles. The first kappa shape index (κ1) is 74.1. The topological polar surface area (TPSA) is 179 Å². The van der Waals surface area contributed by atoms with E-state index >= 15 is 0 Å². The maximum Gasteiger partial charge on any atom is 2.00 e. The average molecular weight is 1380 g/mol. The van der Waals surface area contributed by atoms with E-state index in [1.54, 1.807) is 0 Å². The third kappa shape index (κ3) is 21.0. The van der Waals surface area contributed by atoms with E-state index in [9.17, 15) is 9.59 Å². The van der Waals surface area contributed by atoms with Gasteiger partial charge in [-0.05, 0) is 187 Å². The van der Waals surface area contributed by atoms with Crippen LogP contribution in [0.4, 0.5) is 34.1 Å². The van der Waals surface area contributed by atoms with Crippen LogP contribution in [0.2, 0.25) is 0 Å². The minimum absolute atomic E-state index is 0. The van der Waals surface area contributed by atoms with Gasteiger partial charge < -0.3 is 38.1 Å². The van der Waals surface area contributed by atoms with E-state index < -0.39 is 11.9 Å². The summed E-state index contributed by atoms with van der Waals surface area (Å²) < 4.78 is 0. The SMILES string of the molecule is CC(C)(C)c1ccc(N(c2ccc(/C=C/c3ccnc(-c4cc(/C=C/c5ccc(N(c6ccc(C(C)(C)C)cc6)c6ccc(C(C)(C)C)cc6)cc5)ccn4)c3)cc2)c2ccc(C(C)(C)C)cc2)cc1.N#C[S-].O=C(O)c1ccnc(-c2cc(C(=O)O)ccn2)c1.[N-]=C=S.[Ru+2]. The number of hydrogen-bond acceptors (Lipinski definition) is 11. The van der Waals surface area contributed by atoms with Gasteiger partial charge in [0.05, 0.1) is 33.9 Å². The minimum atomic E-state index is -1.08. The number of benzene rings is 6. The molecule has 482 valence electrons. The first-order chi connectivity index (χ1) is 44.6. The van der Waals surface area contributed by atoms with Crippen LogP contribution in [0, 0.1) is 10.7 Å². The number of hydrogen-bond donors (Lipinski definition) is 2. The van der Waals surface area contributed by atoms with Gasteiger partial charge in [0.25, 0.3) is 0 Å². The Hall–Kier alpha value is -9.93. The van der Waals surface area contributed by atoms with Crippen LogP contribution < -0.4 is 9.80 Å². The van der Waals surface area contributed by atoms with E-state index in [1.165, 1.54) is 69.5 Å². The van der Waals surface area contributed by atoms with Gasteiger partial charge in [-0.2, -0.15) is 5.16 Å². The minimum Gasteiger partial charge on any atom is -0.753 e. The number of thiocyanates is 1. The molecule has 4 heterocycles. The van der Waals surface area contributed by atoms with Crippen molar-refractivity contribution in [2.45, 2.75) is 105 Å². The molecule has 0 radical (unpaired) electrons. The van der Waals surface area contributed by atoms with Crippen molar-refractivity contribution in [2.75, 3.05) is 9.80 Å². The van der Waals surface area contributed by atoms with Crippen molar-refractivity contribution in [1.29, 1.82) is 5.26 Å². The Morgan fingerprint density at radius 3 is 0.821 bits per heavy atom. The Balaban J connectivity index is 0.000000481. The van der Waals surface area contributed by atoms with E-state index in [0.717, 1.165) is 67.8 Å². The Kier molecular flexibility index (Phi) is 26.0. The Labute approximate surface area is 583 Å². The van der Waals surface area contributed by atoms with E-state index in [-0.39, 0.29) is 52.3 Å². The maximum absolute atomic E-state index is 10.8. The van der Waals surface area contributed by atoms with Crippen LogP contribution in [0.3, 0.4) is 0 Å². The number of pyridine rings is 4. The quantitative estimate of drug-likeness (QED) is 0.0346. The number of carbonyl (C=O) groups is 2. The largest absolute Gasteiger partial charge is 2.00 e. The van der Waals surface area contributed by atoms with E-state index in [4.69, 9.17) is 30.9 Å². The number of isothiocyanates is 1. The van der Waals surface area contributed by atoms with Crippen molar-refractivity contribution in [3.8, 4) is 28.2 Å². The van der Waals surface area contributed by atoms with Gasteiger partial charge in [-0.15, -0.1) is 0 Å². The number of aromatic nitrogens is 4. The molecule has 0 aliphatic rings. The van der Waals surface area contributed by atoms with Crippen molar-refractivity contribution in [2.24, 2.45) is 0 Å². The number of rotatable bonds is 14. The normalized spacial score (nSPS) is 11.2. The summed E-state index contributed by atoms with van der Waals surface area (Å²) in [5.74, 6) is -2.15. The summed E-state index contributed by atoms with van der Waals surface area (Å²) in [4.78, 5) is 43.7. The molecule has 6 aromatic carbocycles. The van der Waals surface area contributed by atoms with Crippen LogP contribution in [0.15, 0.2) is 219 Å². The smallest absolute Gasteiger partial charge is 0.753 e. The fourth-order valence-corrected chi connectivity index (χ4v) is 9.98. The Morgan fingerprint density at radius 2 is 0.600 bits per heavy atom. The molecule has 0 aliphatic carbocycles. The second kappa shape index (κ2) is 33.3. The van der Waals surface area contributed by atoms with Crippen molar-refractivity contribution in [1.82, 2.24) is 19.9 Å².